The highest BCUT2D eigenvalue weighted by molar-refractivity contribution is 5.94. The molecule has 8 rings (SSSR count). The summed E-state index contributed by atoms with van der Waals surface area (Å²) in [5.74, 6) is -5.94. The Morgan fingerprint density at radius 1 is 0.588 bits per heavy atom. The van der Waals surface area contributed by atoms with E-state index in [0.29, 0.717) is 37.3 Å². The highest BCUT2D eigenvalue weighted by Gasteiger charge is 2.70. The molecule has 20 nitrogen and oxygen atoms in total. The van der Waals surface area contributed by atoms with Crippen LogP contribution in [-0.4, -0.2) is 94.1 Å². The number of ether oxygens (including phenoxy) is 6. The molecule has 0 bridgehead atoms. The van der Waals surface area contributed by atoms with Gasteiger partial charge >= 0.3 is 35.8 Å². The number of esters is 6. The molecule has 4 saturated carbocycles. The second-order valence-electron chi connectivity index (χ2n) is 21.2. The van der Waals surface area contributed by atoms with E-state index in [1.54, 1.807) is 0 Å². The number of carbonyl (C=O) groups excluding carboxylic acids is 8. The molecule has 0 N–H and O–H groups in total. The van der Waals surface area contributed by atoms with Crippen LogP contribution >= 0.6 is 0 Å². The van der Waals surface area contributed by atoms with Gasteiger partial charge in [0.05, 0.1) is 37.9 Å². The molecule has 6 fully saturated rings. The summed E-state index contributed by atoms with van der Waals surface area (Å²) >= 11 is 0. The lowest BCUT2D eigenvalue weighted by atomic mass is 9.43. The van der Waals surface area contributed by atoms with Crippen molar-refractivity contribution in [3.8, 4) is 0 Å². The van der Waals surface area contributed by atoms with Crippen LogP contribution < -0.4 is 0 Å². The van der Waals surface area contributed by atoms with Gasteiger partial charge in [0, 0.05) is 63.2 Å². The number of aromatic nitrogens is 4. The fraction of sp³-hybridized carbons (Fsp3) is 0.750. The lowest BCUT2D eigenvalue weighted by Gasteiger charge is -2.60. The summed E-state index contributed by atoms with van der Waals surface area (Å²) in [7, 11) is 2.61. The first kappa shape index (κ1) is 50.3. The minimum atomic E-state index is -1.08. The standard InChI is InChI=1S/2C24H32N2O8/c2*1-11(2)19-25-20(34-26-19)16-10-24(5)13(22(30)33-16)7-8-23(4)14(21(29)31-6)9-15(32-12(3)27)17(28)18(23)24/h2*11,13-16,18H,7-10H2,1-6H3/t13-,14+,15+,16+,18+,23+,24+;13-,14-,15-,16-,18-,23-,24-/m10/s1. The Bertz CT molecular complexity index is 2200. The number of hydrogen-bond acceptors (Lipinski definition) is 20. The number of carbonyl (C=O) groups is 8. The van der Waals surface area contributed by atoms with Crippen LogP contribution in [0.4, 0.5) is 0 Å². The normalized spacial score (nSPS) is 37.4. The highest BCUT2D eigenvalue weighted by atomic mass is 16.6. The molecule has 2 aromatic rings. The lowest BCUT2D eigenvalue weighted by molar-refractivity contribution is -0.213. The largest absolute Gasteiger partial charge is 0.469 e. The number of ketones is 2. The minimum Gasteiger partial charge on any atom is -0.469 e. The molecule has 4 heterocycles. The topological polar surface area (TPSA) is 270 Å². The second kappa shape index (κ2) is 18.4. The van der Waals surface area contributed by atoms with Crippen LogP contribution in [-0.2, 0) is 66.8 Å². The zero-order valence-corrected chi connectivity index (χ0v) is 40.9. The van der Waals surface area contributed by atoms with Crippen molar-refractivity contribution in [2.24, 2.45) is 57.2 Å². The average molecular weight is 953 g/mol. The number of hydrogen-bond donors (Lipinski definition) is 0. The van der Waals surface area contributed by atoms with Crippen LogP contribution in [0, 0.1) is 57.2 Å². The van der Waals surface area contributed by atoms with Gasteiger partial charge in [0.1, 0.15) is 0 Å². The quantitative estimate of drug-likeness (QED) is 0.222. The van der Waals surface area contributed by atoms with Gasteiger partial charge in [-0.25, -0.2) is 0 Å². The highest BCUT2D eigenvalue weighted by Crippen LogP contribution is 2.67. The van der Waals surface area contributed by atoms with Crippen molar-refractivity contribution in [2.75, 3.05) is 14.2 Å². The predicted octanol–water partition coefficient (Wildman–Crippen LogP) is 5.83. The number of fused-ring (bicyclic) bond motifs is 6. The van der Waals surface area contributed by atoms with Crippen molar-refractivity contribution in [1.82, 2.24) is 20.3 Å². The van der Waals surface area contributed by atoms with E-state index in [9.17, 15) is 38.4 Å². The van der Waals surface area contributed by atoms with Gasteiger partial charge in [0.25, 0.3) is 11.8 Å². The van der Waals surface area contributed by atoms with E-state index in [4.69, 9.17) is 37.5 Å². The van der Waals surface area contributed by atoms with Gasteiger partial charge in [0.15, 0.2) is 47.6 Å². The molecule has 0 spiro atoms. The summed E-state index contributed by atoms with van der Waals surface area (Å²) < 4.78 is 43.1. The van der Waals surface area contributed by atoms with Crippen LogP contribution in [0.2, 0.25) is 0 Å². The van der Waals surface area contributed by atoms with Crippen LogP contribution in [0.25, 0.3) is 0 Å². The zero-order valence-electron chi connectivity index (χ0n) is 40.9. The van der Waals surface area contributed by atoms with Crippen molar-refractivity contribution < 1.29 is 75.8 Å². The smallest absolute Gasteiger partial charge is 0.310 e. The number of Topliss-reactive ketones (excluding diaryl/α,β-unsaturated/α-hetero) is 2. The number of methoxy groups -OCH3 is 2. The molecule has 4 aliphatic carbocycles. The molecule has 2 saturated heterocycles. The fourth-order valence-corrected chi connectivity index (χ4v) is 13.1. The van der Waals surface area contributed by atoms with Crippen molar-refractivity contribution in [3.63, 3.8) is 0 Å². The Labute approximate surface area is 394 Å². The van der Waals surface area contributed by atoms with E-state index < -0.39 is 117 Å². The summed E-state index contributed by atoms with van der Waals surface area (Å²) in [6.45, 7) is 17.7. The van der Waals surface area contributed by atoms with Crippen LogP contribution in [0.1, 0.15) is 168 Å². The molecule has 14 atom stereocenters. The van der Waals surface area contributed by atoms with Gasteiger partial charge in [-0.2, -0.15) is 9.97 Å². The molecule has 2 aliphatic heterocycles. The molecule has 0 unspecified atom stereocenters. The first-order valence-corrected chi connectivity index (χ1v) is 23.5. The van der Waals surface area contributed by atoms with Gasteiger partial charge in [-0.3, -0.25) is 38.4 Å². The van der Waals surface area contributed by atoms with Crippen molar-refractivity contribution in [3.05, 3.63) is 23.4 Å². The molecule has 0 radical (unpaired) electrons. The SMILES string of the molecule is COC(=O)[C@@H]1C[C@H](OC(C)=O)C(=O)[C@@H]2[C@@]3(C)C[C@@H](c4nc(C(C)C)no4)OC(=O)[C@H]3CC[C@]21C.COC(=O)[C@@H]1C[C@H](OC(C)=O)C(=O)[C@H]2[C@@]1(C)CC[C@H]1C(=O)O[C@H](c3nc(C(C)C)no3)C[C@]21C. The third kappa shape index (κ3) is 8.51. The monoisotopic (exact) mass is 952 g/mol. The maximum Gasteiger partial charge on any atom is 0.310 e. The first-order valence-electron chi connectivity index (χ1n) is 23.5. The van der Waals surface area contributed by atoms with E-state index >= 15 is 0 Å². The summed E-state index contributed by atoms with van der Waals surface area (Å²) in [5.41, 5.74) is -3.29. The van der Waals surface area contributed by atoms with Crippen molar-refractivity contribution >= 4 is 47.4 Å². The summed E-state index contributed by atoms with van der Waals surface area (Å²) in [4.78, 5) is 112. The Morgan fingerprint density at radius 2 is 0.941 bits per heavy atom. The third-order valence-electron chi connectivity index (χ3n) is 16.3. The maximum absolute atomic E-state index is 13.8. The van der Waals surface area contributed by atoms with Gasteiger partial charge in [-0.05, 0) is 47.3 Å². The minimum absolute atomic E-state index is 0.0309. The molecule has 372 valence electrons. The van der Waals surface area contributed by atoms with Crippen LogP contribution in [0.3, 0.4) is 0 Å². The molecular weight excluding hydrogens is 889 g/mol. The average Bonchev–Trinajstić information content (AvgIpc) is 3.96. The Hall–Kier alpha value is -5.56. The summed E-state index contributed by atoms with van der Waals surface area (Å²) in [6, 6.07) is 0. The fourth-order valence-electron chi connectivity index (χ4n) is 13.1. The predicted molar refractivity (Wildman–Crippen MR) is 230 cm³/mol. The summed E-state index contributed by atoms with van der Waals surface area (Å²) in [5, 5.41) is 7.96. The Balaban J connectivity index is 0.000000201. The second-order valence-corrected chi connectivity index (χ2v) is 21.2. The van der Waals surface area contributed by atoms with E-state index in [1.165, 1.54) is 28.1 Å². The van der Waals surface area contributed by atoms with Crippen molar-refractivity contribution in [2.45, 2.75) is 157 Å². The Kier molecular flexibility index (Phi) is 13.6. The molecule has 0 amide bonds. The van der Waals surface area contributed by atoms with E-state index in [0.717, 1.165) is 0 Å². The molecule has 68 heavy (non-hydrogen) atoms. The van der Waals surface area contributed by atoms with Crippen LogP contribution in [0.15, 0.2) is 9.05 Å². The van der Waals surface area contributed by atoms with Gasteiger partial charge < -0.3 is 37.5 Å². The third-order valence-corrected chi connectivity index (χ3v) is 16.3. The summed E-state index contributed by atoms with van der Waals surface area (Å²) in [6.07, 6.45) is -1.24. The molecule has 20 heteroatoms. The van der Waals surface area contributed by atoms with E-state index in [2.05, 4.69) is 20.3 Å². The number of cyclic esters (lactones) is 2. The maximum atomic E-state index is 13.8. The van der Waals surface area contributed by atoms with Gasteiger partial charge in [0.2, 0.25) is 0 Å². The van der Waals surface area contributed by atoms with Crippen molar-refractivity contribution in [1.29, 1.82) is 0 Å². The van der Waals surface area contributed by atoms with Gasteiger partial charge in [-0.15, -0.1) is 0 Å². The zero-order chi connectivity index (χ0) is 50.0. The lowest BCUT2D eigenvalue weighted by Crippen LogP contribution is -2.64. The van der Waals surface area contributed by atoms with Gasteiger partial charge in [-0.1, -0.05) is 65.7 Å². The molecule has 0 aromatic carbocycles. The molecule has 2 aromatic heterocycles. The van der Waals surface area contributed by atoms with E-state index in [1.807, 2.05) is 55.4 Å². The Morgan fingerprint density at radius 3 is 1.24 bits per heavy atom. The number of nitrogens with zero attached hydrogens (tertiary/aromatic N) is 4. The first-order chi connectivity index (χ1) is 31.8. The molecular formula is C48H64N4O16. The molecule has 6 aliphatic rings. The van der Waals surface area contributed by atoms with E-state index in [-0.39, 0.29) is 60.9 Å². The van der Waals surface area contributed by atoms with Crippen LogP contribution in [0.5, 0.6) is 0 Å². The number of rotatable bonds is 8.